The molecule has 1 saturated heterocycles. The van der Waals surface area contributed by atoms with Crippen LogP contribution in [0, 0.1) is 0 Å². The van der Waals surface area contributed by atoms with Gasteiger partial charge in [0.1, 0.15) is 17.5 Å². The number of carboxylic acids is 1. The quantitative estimate of drug-likeness (QED) is 0.0492. The van der Waals surface area contributed by atoms with Gasteiger partial charge >= 0.3 is 5.97 Å². The molecule has 1 heterocycles. The van der Waals surface area contributed by atoms with E-state index >= 15 is 0 Å². The number of halogens is 2. The number of ether oxygens (including phenoxy) is 9. The second-order valence-corrected chi connectivity index (χ2v) is 19.3. The summed E-state index contributed by atoms with van der Waals surface area (Å²) in [7, 11) is 1.44. The standard InChI is InChI=1S/C37H57NO12.C10H11Cl2NO2S/c1-36(2,12-13-42-5)50-26-37(3,4)49-21-20-47-17-16-45-14-15-46-18-19-48-25-29-23-32(43-6)34(33(24-29)44-7)30-10-8-28(9-11-30)22-31(35(40)41)38-27-39;11-8-5-9(12)7-10(6-8)16(14,15)13-3-1-2-4-13/h8-11,23-24,27,31H,12-22,25-26H2,1-7H3,(H,38,39)(H,40,41);5-7H,1-4H2. The van der Waals surface area contributed by atoms with Crippen molar-refractivity contribution in [2.45, 2.75) is 82.1 Å². The van der Waals surface area contributed by atoms with Crippen molar-refractivity contribution in [3.8, 4) is 22.6 Å². The SMILES string of the molecule is COCCC(C)(C)OCC(C)(C)OCCOCCOCCOCCOCc1cc(OC)c(-c2ccc(CC(NC=O)C(=O)O)cc2)c(OC)c1.O=S(=O)(c1cc(Cl)cc(Cl)c1)N1CCCC1. The fraction of sp³-hybridized carbons (Fsp3) is 0.574. The summed E-state index contributed by atoms with van der Waals surface area (Å²) in [6.07, 6.45) is 3.19. The molecule has 0 radical (unpaired) electrons. The minimum Gasteiger partial charge on any atom is -0.496 e. The molecular weight excluding hydrogens is 919 g/mol. The number of methoxy groups -OCH3 is 3. The van der Waals surface area contributed by atoms with E-state index in [0.29, 0.717) is 114 Å². The molecule has 1 aliphatic rings. The number of carbonyl (C=O) groups is 2. The van der Waals surface area contributed by atoms with Crippen LogP contribution in [0.4, 0.5) is 0 Å². The summed E-state index contributed by atoms with van der Waals surface area (Å²) in [6.45, 7) is 14.3. The van der Waals surface area contributed by atoms with Crippen LogP contribution in [-0.4, -0.2) is 148 Å². The molecule has 19 heteroatoms. The lowest BCUT2D eigenvalue weighted by atomic mass is 9.98. The average molecular weight is 988 g/mol. The summed E-state index contributed by atoms with van der Waals surface area (Å²) in [4.78, 5) is 22.3. The topological polar surface area (TPSA) is 187 Å². The Morgan fingerprint density at radius 1 is 0.742 bits per heavy atom. The van der Waals surface area contributed by atoms with Gasteiger partial charge in [-0.15, -0.1) is 0 Å². The van der Waals surface area contributed by atoms with Crippen LogP contribution in [0.3, 0.4) is 0 Å². The van der Waals surface area contributed by atoms with Crippen molar-refractivity contribution in [2.75, 3.05) is 100 Å². The zero-order chi connectivity index (χ0) is 48.6. The second-order valence-electron chi connectivity index (χ2n) is 16.5. The van der Waals surface area contributed by atoms with Crippen LogP contribution in [0.15, 0.2) is 59.5 Å². The van der Waals surface area contributed by atoms with Gasteiger partial charge in [-0.2, -0.15) is 4.31 Å². The van der Waals surface area contributed by atoms with Crippen LogP contribution in [0.5, 0.6) is 11.5 Å². The number of nitrogens with one attached hydrogen (secondary N) is 1. The average Bonchev–Trinajstić information content (AvgIpc) is 3.84. The molecule has 16 nitrogen and oxygen atoms in total. The van der Waals surface area contributed by atoms with Crippen LogP contribution < -0.4 is 14.8 Å². The van der Waals surface area contributed by atoms with E-state index in [1.54, 1.807) is 21.3 Å². The van der Waals surface area contributed by atoms with Crippen molar-refractivity contribution in [2.24, 2.45) is 0 Å². The number of carbonyl (C=O) groups excluding carboxylic acids is 1. The molecule has 0 aliphatic carbocycles. The number of sulfonamides is 1. The molecule has 4 rings (SSSR count). The maximum atomic E-state index is 12.1. The number of aliphatic carboxylic acids is 1. The highest BCUT2D eigenvalue weighted by Gasteiger charge is 2.28. The number of benzene rings is 3. The summed E-state index contributed by atoms with van der Waals surface area (Å²) in [5.74, 6) is 0.122. The molecule has 3 aromatic rings. The first-order valence-electron chi connectivity index (χ1n) is 21.8. The van der Waals surface area contributed by atoms with E-state index in [4.69, 9.17) is 65.8 Å². The van der Waals surface area contributed by atoms with Crippen molar-refractivity contribution in [3.05, 3.63) is 75.8 Å². The smallest absolute Gasteiger partial charge is 0.326 e. The number of rotatable bonds is 31. The van der Waals surface area contributed by atoms with Gasteiger partial charge in [-0.05, 0) is 94.0 Å². The zero-order valence-electron chi connectivity index (χ0n) is 39.2. The van der Waals surface area contributed by atoms with Gasteiger partial charge in [-0.3, -0.25) is 4.79 Å². The maximum Gasteiger partial charge on any atom is 0.326 e. The monoisotopic (exact) mass is 986 g/mol. The number of hydrogen-bond acceptors (Lipinski definition) is 13. The Morgan fingerprint density at radius 3 is 1.77 bits per heavy atom. The van der Waals surface area contributed by atoms with E-state index in [2.05, 4.69) is 5.32 Å². The summed E-state index contributed by atoms with van der Waals surface area (Å²) in [5, 5.41) is 12.3. The molecule has 2 N–H and O–H groups in total. The molecule has 1 amide bonds. The van der Waals surface area contributed by atoms with Gasteiger partial charge in [0.05, 0.1) is 102 Å². The Labute approximate surface area is 400 Å². The maximum absolute atomic E-state index is 12.1. The number of amides is 1. The molecule has 0 bridgehead atoms. The molecule has 3 aromatic carbocycles. The van der Waals surface area contributed by atoms with E-state index in [-0.39, 0.29) is 16.9 Å². The fourth-order valence-electron chi connectivity index (χ4n) is 6.49. The highest BCUT2D eigenvalue weighted by atomic mass is 35.5. The molecule has 0 spiro atoms. The Kier molecular flexibility index (Phi) is 25.2. The summed E-state index contributed by atoms with van der Waals surface area (Å²) >= 11 is 11.6. The van der Waals surface area contributed by atoms with Gasteiger partial charge in [0.25, 0.3) is 0 Å². The van der Waals surface area contributed by atoms with Crippen molar-refractivity contribution in [3.63, 3.8) is 0 Å². The first-order chi connectivity index (χ1) is 31.4. The van der Waals surface area contributed by atoms with E-state index in [9.17, 15) is 23.1 Å². The van der Waals surface area contributed by atoms with Crippen LogP contribution in [-0.2, 0) is 65.8 Å². The summed E-state index contributed by atoms with van der Waals surface area (Å²) < 4.78 is 76.8. The second kappa shape index (κ2) is 29.3. The van der Waals surface area contributed by atoms with E-state index in [0.717, 1.165) is 41.5 Å². The van der Waals surface area contributed by atoms with Gasteiger partial charge in [0, 0.05) is 43.3 Å². The predicted octanol–water partition coefficient (Wildman–Crippen LogP) is 7.08. The third-order valence-electron chi connectivity index (χ3n) is 10.2. The van der Waals surface area contributed by atoms with E-state index in [1.165, 1.54) is 22.5 Å². The van der Waals surface area contributed by atoms with Crippen molar-refractivity contribution in [1.29, 1.82) is 0 Å². The van der Waals surface area contributed by atoms with Crippen molar-refractivity contribution >= 4 is 45.6 Å². The normalized spacial score (nSPS) is 13.8. The Bertz CT molecular complexity index is 1970. The summed E-state index contributed by atoms with van der Waals surface area (Å²) in [5.41, 5.74) is 2.54. The van der Waals surface area contributed by atoms with Gasteiger partial charge in [0.15, 0.2) is 0 Å². The Morgan fingerprint density at radius 2 is 1.27 bits per heavy atom. The minimum absolute atomic E-state index is 0.160. The molecular formula is C47H68Cl2N2O14S. The third-order valence-corrected chi connectivity index (χ3v) is 12.5. The molecule has 1 atom stereocenters. The molecule has 1 unspecified atom stereocenters. The lowest BCUT2D eigenvalue weighted by Gasteiger charge is -2.32. The van der Waals surface area contributed by atoms with E-state index < -0.39 is 27.6 Å². The predicted molar refractivity (Wildman–Crippen MR) is 252 cm³/mol. The highest BCUT2D eigenvalue weighted by Crippen LogP contribution is 2.40. The Hall–Kier alpha value is -3.59. The number of nitrogens with zero attached hydrogens (tertiary/aromatic N) is 1. The third kappa shape index (κ3) is 20.3. The number of hydrogen-bond donors (Lipinski definition) is 2. The molecule has 1 aliphatic heterocycles. The lowest BCUT2D eigenvalue weighted by molar-refractivity contribution is -0.140. The number of carboxylic acid groups (broad SMARTS) is 1. The van der Waals surface area contributed by atoms with Gasteiger partial charge in [0.2, 0.25) is 16.4 Å². The fourth-order valence-corrected chi connectivity index (χ4v) is 8.73. The van der Waals surface area contributed by atoms with Gasteiger partial charge in [-0.25, -0.2) is 13.2 Å². The molecule has 0 saturated carbocycles. The summed E-state index contributed by atoms with van der Waals surface area (Å²) in [6, 6.07) is 14.5. The highest BCUT2D eigenvalue weighted by molar-refractivity contribution is 7.89. The molecule has 66 heavy (non-hydrogen) atoms. The first-order valence-corrected chi connectivity index (χ1v) is 24.0. The van der Waals surface area contributed by atoms with Gasteiger partial charge in [-0.1, -0.05) is 47.5 Å². The first kappa shape index (κ1) is 56.7. The Balaban J connectivity index is 0.000000600. The van der Waals surface area contributed by atoms with E-state index in [1.807, 2.05) is 64.1 Å². The van der Waals surface area contributed by atoms with Gasteiger partial charge < -0.3 is 53.1 Å². The van der Waals surface area contributed by atoms with Crippen LogP contribution in [0.25, 0.3) is 11.1 Å². The van der Waals surface area contributed by atoms with Crippen molar-refractivity contribution < 1.29 is 65.7 Å². The molecule has 370 valence electrons. The molecule has 1 fully saturated rings. The lowest BCUT2D eigenvalue weighted by Crippen LogP contribution is -2.37. The largest absolute Gasteiger partial charge is 0.496 e. The van der Waals surface area contributed by atoms with Crippen molar-refractivity contribution in [1.82, 2.24) is 9.62 Å². The minimum atomic E-state index is -3.42. The van der Waals surface area contributed by atoms with Crippen LogP contribution >= 0.6 is 23.2 Å². The molecule has 0 aromatic heterocycles. The van der Waals surface area contributed by atoms with Crippen LogP contribution in [0.2, 0.25) is 10.0 Å². The zero-order valence-corrected chi connectivity index (χ0v) is 41.6. The van der Waals surface area contributed by atoms with Crippen LogP contribution in [0.1, 0.15) is 58.1 Å².